The molecule has 0 aliphatic rings. The van der Waals surface area contributed by atoms with E-state index in [1.807, 2.05) is 79.1 Å². The molecule has 27 heavy (non-hydrogen) atoms. The van der Waals surface area contributed by atoms with E-state index >= 15 is 0 Å². The highest BCUT2D eigenvalue weighted by molar-refractivity contribution is 7.14. The van der Waals surface area contributed by atoms with Crippen LogP contribution in [0.3, 0.4) is 0 Å². The minimum atomic E-state index is 0.607. The maximum atomic E-state index is 4.60. The van der Waals surface area contributed by atoms with Crippen molar-refractivity contribution in [3.05, 3.63) is 77.1 Å². The van der Waals surface area contributed by atoms with Crippen molar-refractivity contribution < 1.29 is 0 Å². The number of benzene rings is 1. The van der Waals surface area contributed by atoms with E-state index in [2.05, 4.69) is 30.8 Å². The van der Waals surface area contributed by atoms with Gasteiger partial charge in [-0.05, 0) is 36.1 Å². The van der Waals surface area contributed by atoms with Crippen molar-refractivity contribution in [1.82, 2.24) is 20.2 Å². The first-order valence-corrected chi connectivity index (χ1v) is 9.34. The molecule has 0 aliphatic heterocycles. The Kier molecular flexibility index (Phi) is 4.93. The first kappa shape index (κ1) is 17.0. The van der Waals surface area contributed by atoms with Crippen molar-refractivity contribution in [1.29, 1.82) is 0 Å². The van der Waals surface area contributed by atoms with Gasteiger partial charge in [0.05, 0.1) is 5.00 Å². The second-order valence-corrected chi connectivity index (χ2v) is 6.85. The molecule has 0 saturated heterocycles. The van der Waals surface area contributed by atoms with Gasteiger partial charge in [0, 0.05) is 17.8 Å². The molecule has 0 atom stereocenters. The van der Waals surface area contributed by atoms with Crippen LogP contribution in [0.25, 0.3) is 12.2 Å². The fraction of sp³-hybridized carbons (Fsp3) is 0.0500. The Balaban J connectivity index is 1.64. The minimum Gasteiger partial charge on any atom is -0.332 e. The zero-order valence-corrected chi connectivity index (χ0v) is 15.5. The second-order valence-electron chi connectivity index (χ2n) is 5.90. The summed E-state index contributed by atoms with van der Waals surface area (Å²) in [5.74, 6) is 2.71. The Bertz CT molecular complexity index is 1040. The maximum Gasteiger partial charge on any atom is 0.156 e. The molecule has 0 unspecified atom stereocenters. The van der Waals surface area contributed by atoms with Gasteiger partial charge in [-0.2, -0.15) is 5.10 Å². The van der Waals surface area contributed by atoms with E-state index in [4.69, 9.17) is 0 Å². The molecule has 4 aromatic rings. The lowest BCUT2D eigenvalue weighted by Crippen LogP contribution is -2.01. The van der Waals surface area contributed by atoms with Gasteiger partial charge in [0.15, 0.2) is 11.6 Å². The number of nitrogens with one attached hydrogen (secondary N) is 3. The number of rotatable bonds is 6. The Morgan fingerprint density at radius 3 is 2.41 bits per heavy atom. The number of hydrogen-bond acceptors (Lipinski definition) is 6. The molecular weight excluding hydrogens is 356 g/mol. The number of nitrogens with zero attached hydrogens (tertiary/aromatic N) is 3. The molecule has 134 valence electrons. The van der Waals surface area contributed by atoms with E-state index in [-0.39, 0.29) is 0 Å². The summed E-state index contributed by atoms with van der Waals surface area (Å²) in [6.45, 7) is 1.95. The highest BCUT2D eigenvalue weighted by Crippen LogP contribution is 2.23. The van der Waals surface area contributed by atoms with Crippen LogP contribution < -0.4 is 10.6 Å². The molecule has 0 aliphatic carbocycles. The van der Waals surface area contributed by atoms with Crippen LogP contribution in [-0.2, 0) is 0 Å². The van der Waals surface area contributed by atoms with Crippen LogP contribution in [0.2, 0.25) is 0 Å². The number of aromatic amines is 1. The topological polar surface area (TPSA) is 78.5 Å². The lowest BCUT2D eigenvalue weighted by molar-refractivity contribution is 1.04. The number of H-pyrrole nitrogens is 1. The van der Waals surface area contributed by atoms with Crippen LogP contribution >= 0.6 is 11.3 Å². The molecule has 0 spiro atoms. The lowest BCUT2D eigenvalue weighted by atomic mass is 10.2. The summed E-state index contributed by atoms with van der Waals surface area (Å²) < 4.78 is 0. The summed E-state index contributed by atoms with van der Waals surface area (Å²) in [7, 11) is 0. The van der Waals surface area contributed by atoms with Crippen molar-refractivity contribution in [2.75, 3.05) is 10.6 Å². The van der Waals surface area contributed by atoms with E-state index in [0.29, 0.717) is 17.5 Å². The number of anilines is 4. The third-order valence-electron chi connectivity index (χ3n) is 3.70. The summed E-state index contributed by atoms with van der Waals surface area (Å²) in [5.41, 5.74) is 2.07. The first-order chi connectivity index (χ1) is 13.2. The van der Waals surface area contributed by atoms with E-state index in [0.717, 1.165) is 22.1 Å². The summed E-state index contributed by atoms with van der Waals surface area (Å²) in [6, 6.07) is 17.9. The van der Waals surface area contributed by atoms with Gasteiger partial charge in [-0.3, -0.25) is 5.10 Å². The van der Waals surface area contributed by atoms with Crippen molar-refractivity contribution in [3.8, 4) is 0 Å². The van der Waals surface area contributed by atoms with Gasteiger partial charge in [0.2, 0.25) is 0 Å². The van der Waals surface area contributed by atoms with Gasteiger partial charge >= 0.3 is 0 Å². The predicted octanol–water partition coefficient (Wildman–Crippen LogP) is 5.23. The molecule has 3 heterocycles. The third-order valence-corrected chi connectivity index (χ3v) is 4.49. The maximum absolute atomic E-state index is 4.60. The van der Waals surface area contributed by atoms with Crippen molar-refractivity contribution >= 4 is 45.9 Å². The summed E-state index contributed by atoms with van der Waals surface area (Å²) in [6.07, 6.45) is 3.89. The Morgan fingerprint density at radius 1 is 0.889 bits per heavy atom. The van der Waals surface area contributed by atoms with Gasteiger partial charge in [0.25, 0.3) is 0 Å². The largest absolute Gasteiger partial charge is 0.332 e. The molecule has 0 fully saturated rings. The van der Waals surface area contributed by atoms with Crippen molar-refractivity contribution in [2.24, 2.45) is 0 Å². The summed E-state index contributed by atoms with van der Waals surface area (Å²) in [4.78, 5) is 9.18. The van der Waals surface area contributed by atoms with Crippen LogP contribution in [0.1, 0.15) is 17.1 Å². The normalized spacial score (nSPS) is 11.0. The molecule has 0 bridgehead atoms. The number of hydrogen-bond donors (Lipinski definition) is 3. The minimum absolute atomic E-state index is 0.607. The zero-order valence-electron chi connectivity index (χ0n) is 14.7. The third kappa shape index (κ3) is 4.59. The van der Waals surface area contributed by atoms with Crippen LogP contribution in [0.15, 0.2) is 60.0 Å². The smallest absolute Gasteiger partial charge is 0.156 e. The van der Waals surface area contributed by atoms with Gasteiger partial charge in [-0.15, -0.1) is 11.3 Å². The van der Waals surface area contributed by atoms with E-state index in [1.54, 1.807) is 11.3 Å². The first-order valence-electron chi connectivity index (χ1n) is 8.46. The van der Waals surface area contributed by atoms with Gasteiger partial charge < -0.3 is 10.6 Å². The van der Waals surface area contributed by atoms with Crippen molar-refractivity contribution in [3.63, 3.8) is 0 Å². The SMILES string of the molecule is Cc1cc(Nc2cc(Nc3cccs3)nc(/C=C/c3ccccc3)n2)n[nH]1. The highest BCUT2D eigenvalue weighted by Gasteiger charge is 2.06. The number of aromatic nitrogens is 4. The standard InChI is InChI=1S/C20H18N6S/c1-14-12-19(26-25-14)23-17-13-18(24-20-8-5-11-27-20)22-16(21-17)10-9-15-6-3-2-4-7-15/h2-13H,1H3,(H3,21,22,23,24,25,26)/b10-9+. The monoisotopic (exact) mass is 374 g/mol. The van der Waals surface area contributed by atoms with Gasteiger partial charge in [-0.1, -0.05) is 36.4 Å². The predicted molar refractivity (Wildman–Crippen MR) is 112 cm³/mol. The fourth-order valence-corrected chi connectivity index (χ4v) is 3.12. The zero-order chi connectivity index (χ0) is 18.5. The van der Waals surface area contributed by atoms with E-state index in [9.17, 15) is 0 Å². The molecule has 0 amide bonds. The van der Waals surface area contributed by atoms with Crippen LogP contribution in [-0.4, -0.2) is 20.2 Å². The summed E-state index contributed by atoms with van der Waals surface area (Å²) >= 11 is 1.62. The average molecular weight is 374 g/mol. The number of thiophene rings is 1. The Labute approximate surface area is 161 Å². The van der Waals surface area contributed by atoms with Crippen LogP contribution in [0.5, 0.6) is 0 Å². The molecule has 7 heteroatoms. The molecule has 6 nitrogen and oxygen atoms in total. The van der Waals surface area contributed by atoms with Gasteiger partial charge in [0.1, 0.15) is 11.6 Å². The van der Waals surface area contributed by atoms with Crippen LogP contribution in [0.4, 0.5) is 22.5 Å². The quantitative estimate of drug-likeness (QED) is 0.431. The highest BCUT2D eigenvalue weighted by atomic mass is 32.1. The molecule has 4 rings (SSSR count). The molecule has 0 saturated carbocycles. The Morgan fingerprint density at radius 2 is 1.70 bits per heavy atom. The average Bonchev–Trinajstić information content (AvgIpc) is 3.32. The lowest BCUT2D eigenvalue weighted by Gasteiger charge is -2.08. The van der Waals surface area contributed by atoms with Crippen LogP contribution in [0, 0.1) is 6.92 Å². The molecule has 0 radical (unpaired) electrons. The van der Waals surface area contributed by atoms with Crippen molar-refractivity contribution in [2.45, 2.75) is 6.92 Å². The van der Waals surface area contributed by atoms with Gasteiger partial charge in [-0.25, -0.2) is 9.97 Å². The van der Waals surface area contributed by atoms with E-state index in [1.165, 1.54) is 0 Å². The molecule has 1 aromatic carbocycles. The molecule has 3 aromatic heterocycles. The fourth-order valence-electron chi connectivity index (χ4n) is 2.49. The summed E-state index contributed by atoms with van der Waals surface area (Å²) in [5, 5.41) is 16.7. The molecular formula is C20H18N6S. The Hall–Kier alpha value is -3.45. The van der Waals surface area contributed by atoms with E-state index < -0.39 is 0 Å². The second kappa shape index (κ2) is 7.84. The molecule has 3 N–H and O–H groups in total. The number of aryl methyl sites for hydroxylation is 1.